The molecule has 6 nitrogen and oxygen atoms in total. The lowest BCUT2D eigenvalue weighted by atomic mass is 10.1. The number of fused-ring (bicyclic) bond motifs is 1. The van der Waals surface area contributed by atoms with Crippen LogP contribution in [0.2, 0.25) is 0 Å². The third kappa shape index (κ3) is 2.62. The van der Waals surface area contributed by atoms with Gasteiger partial charge in [-0.15, -0.1) is 0 Å². The molecule has 0 radical (unpaired) electrons. The maximum Gasteiger partial charge on any atom is 0.144 e. The molecule has 128 valence electrons. The summed E-state index contributed by atoms with van der Waals surface area (Å²) in [6.07, 6.45) is 4.98. The van der Waals surface area contributed by atoms with E-state index in [-0.39, 0.29) is 6.54 Å². The molecule has 0 aliphatic heterocycles. The van der Waals surface area contributed by atoms with Gasteiger partial charge in [-0.1, -0.05) is 6.07 Å². The Morgan fingerprint density at radius 1 is 1.19 bits per heavy atom. The Morgan fingerprint density at radius 3 is 2.85 bits per heavy atom. The predicted molar refractivity (Wildman–Crippen MR) is 95.1 cm³/mol. The highest BCUT2D eigenvalue weighted by molar-refractivity contribution is 5.77. The highest BCUT2D eigenvalue weighted by atomic mass is 19.1. The van der Waals surface area contributed by atoms with Gasteiger partial charge in [0.2, 0.25) is 0 Å². The van der Waals surface area contributed by atoms with Crippen molar-refractivity contribution in [3.63, 3.8) is 0 Å². The van der Waals surface area contributed by atoms with E-state index in [2.05, 4.69) is 21.0 Å². The van der Waals surface area contributed by atoms with Crippen molar-refractivity contribution in [3.8, 4) is 28.7 Å². The van der Waals surface area contributed by atoms with Gasteiger partial charge in [0.1, 0.15) is 29.8 Å². The van der Waals surface area contributed by atoms with Crippen LogP contribution in [-0.4, -0.2) is 30.6 Å². The van der Waals surface area contributed by atoms with Gasteiger partial charge in [0, 0.05) is 17.5 Å². The SMILES string of the molecule is Cc1cccc(-c2ncn(CCF)c2-c2ccc3ncc(C#N)n3c2)n1. The molecule has 0 aromatic carbocycles. The third-order valence-corrected chi connectivity index (χ3v) is 4.19. The summed E-state index contributed by atoms with van der Waals surface area (Å²) in [5, 5.41) is 9.26. The normalized spacial score (nSPS) is 11.0. The minimum Gasteiger partial charge on any atom is -0.327 e. The van der Waals surface area contributed by atoms with Crippen molar-refractivity contribution in [1.29, 1.82) is 5.26 Å². The minimum absolute atomic E-state index is 0.196. The van der Waals surface area contributed by atoms with Crippen LogP contribution >= 0.6 is 0 Å². The Kier molecular flexibility index (Phi) is 3.93. The molecule has 0 N–H and O–H groups in total. The molecule has 4 rings (SSSR count). The van der Waals surface area contributed by atoms with E-state index in [1.807, 2.05) is 43.5 Å². The molecule has 0 bridgehead atoms. The van der Waals surface area contributed by atoms with Crippen LogP contribution < -0.4 is 0 Å². The summed E-state index contributed by atoms with van der Waals surface area (Å²) in [4.78, 5) is 13.2. The Morgan fingerprint density at radius 2 is 2.08 bits per heavy atom. The number of rotatable bonds is 4. The lowest BCUT2D eigenvalue weighted by molar-refractivity contribution is 0.447. The molecule has 26 heavy (non-hydrogen) atoms. The second-order valence-electron chi connectivity index (χ2n) is 5.89. The van der Waals surface area contributed by atoms with Crippen molar-refractivity contribution in [2.75, 3.05) is 6.67 Å². The van der Waals surface area contributed by atoms with Gasteiger partial charge >= 0.3 is 0 Å². The second kappa shape index (κ2) is 6.41. The summed E-state index contributed by atoms with van der Waals surface area (Å²) >= 11 is 0. The standard InChI is InChI=1S/C19H15FN6/c1-13-3-2-4-16(24-13)18-19(25(8-7-20)12-23-18)14-5-6-17-22-10-15(9-21)26(17)11-14/h2-6,10-12H,7-8H2,1H3. The molecule has 0 saturated carbocycles. The van der Waals surface area contributed by atoms with E-state index in [0.717, 1.165) is 22.6 Å². The highest BCUT2D eigenvalue weighted by Crippen LogP contribution is 2.31. The lowest BCUT2D eigenvalue weighted by Crippen LogP contribution is -2.02. The molecule has 0 spiro atoms. The Balaban J connectivity index is 1.95. The molecule has 4 heterocycles. The van der Waals surface area contributed by atoms with Gasteiger partial charge in [0.05, 0.1) is 30.5 Å². The summed E-state index contributed by atoms with van der Waals surface area (Å²) in [7, 11) is 0. The highest BCUT2D eigenvalue weighted by Gasteiger charge is 2.17. The van der Waals surface area contributed by atoms with Gasteiger partial charge < -0.3 is 4.57 Å². The Bertz CT molecular complexity index is 1130. The van der Waals surface area contributed by atoms with E-state index in [4.69, 9.17) is 0 Å². The van der Waals surface area contributed by atoms with Crippen LogP contribution in [0, 0.1) is 18.3 Å². The van der Waals surface area contributed by atoms with Gasteiger partial charge in [0.15, 0.2) is 0 Å². The van der Waals surface area contributed by atoms with Crippen LogP contribution in [0.15, 0.2) is 49.1 Å². The van der Waals surface area contributed by atoms with Gasteiger partial charge in [-0.05, 0) is 31.2 Å². The van der Waals surface area contributed by atoms with E-state index in [9.17, 15) is 9.65 Å². The topological polar surface area (TPSA) is 71.8 Å². The summed E-state index contributed by atoms with van der Waals surface area (Å²) in [6, 6.07) is 11.6. The van der Waals surface area contributed by atoms with Crippen LogP contribution in [0.4, 0.5) is 4.39 Å². The smallest absolute Gasteiger partial charge is 0.144 e. The third-order valence-electron chi connectivity index (χ3n) is 4.19. The predicted octanol–water partition coefficient (Wildman–Crippen LogP) is 3.41. The fraction of sp³-hybridized carbons (Fsp3) is 0.158. The van der Waals surface area contributed by atoms with E-state index >= 15 is 0 Å². The number of nitrogens with zero attached hydrogens (tertiary/aromatic N) is 6. The molecule has 4 aromatic heterocycles. The average molecular weight is 346 g/mol. The zero-order valence-electron chi connectivity index (χ0n) is 14.1. The monoisotopic (exact) mass is 346 g/mol. The van der Waals surface area contributed by atoms with E-state index < -0.39 is 6.67 Å². The van der Waals surface area contributed by atoms with Crippen LogP contribution in [-0.2, 0) is 6.54 Å². The van der Waals surface area contributed by atoms with E-state index in [0.29, 0.717) is 17.0 Å². The van der Waals surface area contributed by atoms with Gasteiger partial charge in [-0.2, -0.15) is 5.26 Å². The van der Waals surface area contributed by atoms with Crippen LogP contribution in [0.5, 0.6) is 0 Å². The molecular formula is C19H15FN6. The number of pyridine rings is 2. The van der Waals surface area contributed by atoms with Crippen molar-refractivity contribution in [1.82, 2.24) is 23.9 Å². The number of nitriles is 1. The number of imidazole rings is 2. The lowest BCUT2D eigenvalue weighted by Gasteiger charge is -2.10. The minimum atomic E-state index is -0.499. The number of aryl methyl sites for hydroxylation is 2. The van der Waals surface area contributed by atoms with Gasteiger partial charge in [-0.25, -0.2) is 14.4 Å². The van der Waals surface area contributed by atoms with Crippen LogP contribution in [0.1, 0.15) is 11.4 Å². The molecule has 0 unspecified atom stereocenters. The molecule has 0 fully saturated rings. The molecule has 0 aliphatic rings. The Hall–Kier alpha value is -3.53. The molecule has 0 amide bonds. The maximum absolute atomic E-state index is 13.0. The summed E-state index contributed by atoms with van der Waals surface area (Å²) in [6.45, 7) is 1.61. The molecule has 0 aliphatic carbocycles. The largest absolute Gasteiger partial charge is 0.327 e. The zero-order chi connectivity index (χ0) is 18.1. The molecule has 0 atom stereocenters. The van der Waals surface area contributed by atoms with Gasteiger partial charge in [0.25, 0.3) is 0 Å². The average Bonchev–Trinajstić information content (AvgIpc) is 3.25. The summed E-state index contributed by atoms with van der Waals surface area (Å²) < 4.78 is 16.5. The van der Waals surface area contributed by atoms with Crippen molar-refractivity contribution >= 4 is 5.65 Å². The van der Waals surface area contributed by atoms with E-state index in [1.54, 1.807) is 15.3 Å². The number of alkyl halides is 1. The van der Waals surface area contributed by atoms with Crippen LogP contribution in [0.3, 0.4) is 0 Å². The van der Waals surface area contributed by atoms with Crippen molar-refractivity contribution in [2.45, 2.75) is 13.5 Å². The van der Waals surface area contributed by atoms with Crippen LogP contribution in [0.25, 0.3) is 28.3 Å². The molecule has 7 heteroatoms. The van der Waals surface area contributed by atoms with E-state index in [1.165, 1.54) is 6.20 Å². The first kappa shape index (κ1) is 16.0. The first-order valence-corrected chi connectivity index (χ1v) is 8.14. The number of halogens is 1. The maximum atomic E-state index is 13.0. The fourth-order valence-corrected chi connectivity index (χ4v) is 3.01. The first-order chi connectivity index (χ1) is 12.7. The molecular weight excluding hydrogens is 331 g/mol. The van der Waals surface area contributed by atoms with Crippen molar-refractivity contribution in [2.24, 2.45) is 0 Å². The first-order valence-electron chi connectivity index (χ1n) is 8.14. The number of hydrogen-bond donors (Lipinski definition) is 0. The zero-order valence-corrected chi connectivity index (χ0v) is 14.1. The van der Waals surface area contributed by atoms with Crippen molar-refractivity contribution in [3.05, 3.63) is 60.4 Å². The molecule has 0 saturated heterocycles. The summed E-state index contributed by atoms with van der Waals surface area (Å²) in [5.41, 5.74) is 4.98. The second-order valence-corrected chi connectivity index (χ2v) is 5.89. The Labute approximate surface area is 149 Å². The summed E-state index contributed by atoms with van der Waals surface area (Å²) in [5.74, 6) is 0. The van der Waals surface area contributed by atoms with Crippen molar-refractivity contribution < 1.29 is 4.39 Å². The number of aromatic nitrogens is 5. The fourth-order valence-electron chi connectivity index (χ4n) is 3.01. The quantitative estimate of drug-likeness (QED) is 0.568. The van der Waals surface area contributed by atoms with Gasteiger partial charge in [-0.3, -0.25) is 9.38 Å². The molecule has 4 aromatic rings. The number of hydrogen-bond acceptors (Lipinski definition) is 4.